The maximum absolute atomic E-state index is 11.8. The van der Waals surface area contributed by atoms with Gasteiger partial charge in [0.1, 0.15) is 5.52 Å². The highest BCUT2D eigenvalue weighted by Gasteiger charge is 2.13. The zero-order chi connectivity index (χ0) is 13.2. The lowest BCUT2D eigenvalue weighted by molar-refractivity contribution is 0.0721. The van der Waals surface area contributed by atoms with Gasteiger partial charge in [0.05, 0.1) is 10.6 Å². The van der Waals surface area contributed by atoms with Gasteiger partial charge in [-0.05, 0) is 18.2 Å². The van der Waals surface area contributed by atoms with Crippen molar-refractivity contribution in [3.05, 3.63) is 53.2 Å². The second kappa shape index (κ2) is 4.70. The molecule has 0 fully saturated rings. The second-order valence-corrected chi connectivity index (χ2v) is 4.20. The maximum atomic E-state index is 11.8. The minimum Gasteiger partial charge on any atom is -0.388 e. The normalized spacial score (nSPS) is 10.6. The third-order valence-corrected chi connectivity index (χ3v) is 2.83. The molecule has 1 aromatic carbocycles. The molecule has 0 amide bonds. The Balaban J connectivity index is 1.90. The number of hydrogen-bond acceptors (Lipinski definition) is 4. The number of hydrogen-bond donors (Lipinski definition) is 1. The van der Waals surface area contributed by atoms with Gasteiger partial charge >= 0.3 is 12.0 Å². The number of ether oxygens (including phenoxy) is 1. The first kappa shape index (κ1) is 11.7. The highest BCUT2D eigenvalue weighted by molar-refractivity contribution is 6.34. The molecule has 0 unspecified atom stereocenters. The molecule has 0 saturated carbocycles. The molecule has 0 atom stereocenters. The molecule has 1 N–H and O–H groups in total. The summed E-state index contributed by atoms with van der Waals surface area (Å²) in [6.45, 7) is 0. The molecule has 2 aromatic heterocycles. The van der Waals surface area contributed by atoms with E-state index in [1.165, 1.54) is 6.20 Å². The minimum atomic E-state index is -0.490. The van der Waals surface area contributed by atoms with Crippen LogP contribution in [0.4, 0.5) is 0 Å². The zero-order valence-electron chi connectivity index (χ0n) is 9.63. The van der Waals surface area contributed by atoms with Crippen molar-refractivity contribution < 1.29 is 9.53 Å². The number of esters is 1. The summed E-state index contributed by atoms with van der Waals surface area (Å²) in [4.78, 5) is 22.7. The lowest BCUT2D eigenvalue weighted by atomic mass is 10.2. The van der Waals surface area contributed by atoms with E-state index < -0.39 is 5.97 Å². The lowest BCUT2D eigenvalue weighted by Crippen LogP contribution is -2.08. The summed E-state index contributed by atoms with van der Waals surface area (Å²) in [6, 6.07) is 10.4. The van der Waals surface area contributed by atoms with Crippen molar-refractivity contribution in [2.45, 2.75) is 0 Å². The maximum Gasteiger partial charge on any atom is 0.345 e. The Bertz CT molecular complexity index is 740. The molecule has 0 aliphatic heterocycles. The van der Waals surface area contributed by atoms with Crippen molar-refractivity contribution >= 4 is 28.7 Å². The van der Waals surface area contributed by atoms with Crippen LogP contribution < -0.4 is 4.74 Å². The summed E-state index contributed by atoms with van der Waals surface area (Å²) in [5.74, 6) is -0.490. The van der Waals surface area contributed by atoms with Gasteiger partial charge in [0.15, 0.2) is 5.65 Å². The van der Waals surface area contributed by atoms with E-state index in [1.54, 1.807) is 30.3 Å². The van der Waals surface area contributed by atoms with E-state index >= 15 is 0 Å². The third kappa shape index (κ3) is 2.28. The van der Waals surface area contributed by atoms with E-state index in [0.29, 0.717) is 21.7 Å². The summed E-state index contributed by atoms with van der Waals surface area (Å²) in [7, 11) is 0. The first-order chi connectivity index (χ1) is 9.24. The third-order valence-electron chi connectivity index (χ3n) is 2.52. The first-order valence-electron chi connectivity index (χ1n) is 5.51. The van der Waals surface area contributed by atoms with E-state index in [-0.39, 0.29) is 6.01 Å². The Labute approximate surface area is 113 Å². The van der Waals surface area contributed by atoms with Crippen LogP contribution in [-0.2, 0) is 0 Å². The summed E-state index contributed by atoms with van der Waals surface area (Å²) in [5, 5.41) is 0.472. The zero-order valence-corrected chi connectivity index (χ0v) is 10.4. The Hall–Kier alpha value is -2.40. The Morgan fingerprint density at radius 2 is 2.00 bits per heavy atom. The fraction of sp³-hybridized carbons (Fsp3) is 0. The molecule has 3 rings (SSSR count). The highest BCUT2D eigenvalue weighted by atomic mass is 35.5. The number of nitrogens with zero attached hydrogens (tertiary/aromatic N) is 2. The number of carbonyl (C=O) groups excluding carboxylic acids is 1. The Kier molecular flexibility index (Phi) is 2.89. The Morgan fingerprint density at radius 3 is 2.74 bits per heavy atom. The highest BCUT2D eigenvalue weighted by Crippen LogP contribution is 2.21. The van der Waals surface area contributed by atoms with Crippen LogP contribution in [0.25, 0.3) is 11.2 Å². The molecule has 3 aromatic rings. The molecular formula is C13H8ClN3O2. The van der Waals surface area contributed by atoms with Crippen LogP contribution in [0.1, 0.15) is 10.4 Å². The average molecular weight is 274 g/mol. The standard InChI is InChI=1S/C13H8ClN3O2/c14-9-6-7-15-11-10(9)16-13(17-11)19-12(18)8-4-2-1-3-5-8/h1-7H,(H,15,16,17). The number of imidazole rings is 1. The van der Waals surface area contributed by atoms with Crippen LogP contribution in [0.5, 0.6) is 6.01 Å². The van der Waals surface area contributed by atoms with Gasteiger partial charge in [0.25, 0.3) is 0 Å². The van der Waals surface area contributed by atoms with Crippen LogP contribution in [0.15, 0.2) is 42.6 Å². The lowest BCUT2D eigenvalue weighted by Gasteiger charge is -1.99. The van der Waals surface area contributed by atoms with E-state index in [1.807, 2.05) is 6.07 Å². The molecule has 94 valence electrons. The van der Waals surface area contributed by atoms with Crippen molar-refractivity contribution in [2.24, 2.45) is 0 Å². The quantitative estimate of drug-likeness (QED) is 0.729. The molecule has 0 saturated heterocycles. The van der Waals surface area contributed by atoms with Crippen molar-refractivity contribution in [1.82, 2.24) is 15.0 Å². The van der Waals surface area contributed by atoms with Crippen molar-refractivity contribution in [3.63, 3.8) is 0 Å². The molecule has 0 aliphatic carbocycles. The van der Waals surface area contributed by atoms with Crippen LogP contribution >= 0.6 is 11.6 Å². The van der Waals surface area contributed by atoms with Crippen LogP contribution in [-0.4, -0.2) is 20.9 Å². The summed E-state index contributed by atoms with van der Waals surface area (Å²) < 4.78 is 5.14. The van der Waals surface area contributed by atoms with Gasteiger partial charge in [0, 0.05) is 6.20 Å². The van der Waals surface area contributed by atoms with Crippen LogP contribution in [0.2, 0.25) is 5.02 Å². The second-order valence-electron chi connectivity index (χ2n) is 3.79. The SMILES string of the molecule is O=C(Oc1nc2nccc(Cl)c2[nH]1)c1ccccc1. The van der Waals surface area contributed by atoms with Crippen molar-refractivity contribution in [3.8, 4) is 6.01 Å². The average Bonchev–Trinajstić information content (AvgIpc) is 2.84. The van der Waals surface area contributed by atoms with Gasteiger partial charge in [-0.2, -0.15) is 4.98 Å². The van der Waals surface area contributed by atoms with Gasteiger partial charge in [0.2, 0.25) is 0 Å². The largest absolute Gasteiger partial charge is 0.388 e. The fourth-order valence-electron chi connectivity index (χ4n) is 1.63. The van der Waals surface area contributed by atoms with Crippen molar-refractivity contribution in [2.75, 3.05) is 0 Å². The van der Waals surface area contributed by atoms with E-state index in [9.17, 15) is 4.79 Å². The van der Waals surface area contributed by atoms with Crippen molar-refractivity contribution in [1.29, 1.82) is 0 Å². The number of pyridine rings is 1. The number of carbonyl (C=O) groups is 1. The monoisotopic (exact) mass is 273 g/mol. The molecule has 0 bridgehead atoms. The fourth-order valence-corrected chi connectivity index (χ4v) is 1.82. The molecular weight excluding hydrogens is 266 g/mol. The molecule has 0 spiro atoms. The summed E-state index contributed by atoms with van der Waals surface area (Å²) in [6.07, 6.45) is 1.54. The number of aromatic amines is 1. The molecule has 2 heterocycles. The number of rotatable bonds is 2. The molecule has 0 aliphatic rings. The summed E-state index contributed by atoms with van der Waals surface area (Å²) >= 11 is 5.97. The van der Waals surface area contributed by atoms with Gasteiger partial charge in [-0.15, -0.1) is 0 Å². The van der Waals surface area contributed by atoms with Gasteiger partial charge in [-0.3, -0.25) is 0 Å². The Morgan fingerprint density at radius 1 is 1.21 bits per heavy atom. The first-order valence-corrected chi connectivity index (χ1v) is 5.89. The predicted molar refractivity (Wildman–Crippen MR) is 70.3 cm³/mol. The topological polar surface area (TPSA) is 67.9 Å². The molecule has 0 radical (unpaired) electrons. The number of halogens is 1. The predicted octanol–water partition coefficient (Wildman–Crippen LogP) is 2.83. The number of fused-ring (bicyclic) bond motifs is 1. The summed E-state index contributed by atoms with van der Waals surface area (Å²) in [5.41, 5.74) is 1.39. The van der Waals surface area contributed by atoms with Crippen LogP contribution in [0, 0.1) is 0 Å². The minimum absolute atomic E-state index is 0.0736. The molecule has 5 nitrogen and oxygen atoms in total. The van der Waals surface area contributed by atoms with Gasteiger partial charge < -0.3 is 9.72 Å². The number of nitrogens with one attached hydrogen (secondary N) is 1. The van der Waals surface area contributed by atoms with E-state index in [4.69, 9.17) is 16.3 Å². The number of benzene rings is 1. The van der Waals surface area contributed by atoms with Gasteiger partial charge in [-0.1, -0.05) is 29.8 Å². The number of H-pyrrole nitrogens is 1. The van der Waals surface area contributed by atoms with Gasteiger partial charge in [-0.25, -0.2) is 9.78 Å². The molecule has 6 heteroatoms. The van der Waals surface area contributed by atoms with E-state index in [2.05, 4.69) is 15.0 Å². The van der Waals surface area contributed by atoms with E-state index in [0.717, 1.165) is 0 Å². The number of aromatic nitrogens is 3. The van der Waals surface area contributed by atoms with Crippen LogP contribution in [0.3, 0.4) is 0 Å². The smallest absolute Gasteiger partial charge is 0.345 e. The molecule has 19 heavy (non-hydrogen) atoms.